The molecular weight excluding hydrogens is 391 g/mol. The topological polar surface area (TPSA) is 49.0 Å². The van der Waals surface area contributed by atoms with E-state index in [1.165, 1.54) is 55.0 Å². The summed E-state index contributed by atoms with van der Waals surface area (Å²) in [6, 6.07) is 3.83. The van der Waals surface area contributed by atoms with Gasteiger partial charge in [-0.3, -0.25) is 0 Å². The lowest BCUT2D eigenvalue weighted by Gasteiger charge is -2.13. The molecule has 0 saturated heterocycles. The average Bonchev–Trinajstić information content (AvgIpc) is 3.33. The summed E-state index contributed by atoms with van der Waals surface area (Å²) in [6.45, 7) is 1.84. The third-order valence-electron chi connectivity index (χ3n) is 4.41. The molecule has 0 spiro atoms. The summed E-state index contributed by atoms with van der Waals surface area (Å²) in [7, 11) is 0. The van der Waals surface area contributed by atoms with E-state index in [9.17, 15) is 4.39 Å². The first kappa shape index (κ1) is 19.7. The molecule has 8 heteroatoms. The Morgan fingerprint density at radius 2 is 2.04 bits per heavy atom. The molecule has 1 saturated carbocycles. The third kappa shape index (κ3) is 6.01. The monoisotopic (exact) mass is 414 g/mol. The molecule has 1 heterocycles. The van der Waals surface area contributed by atoms with E-state index in [1.807, 2.05) is 5.38 Å². The molecule has 142 valence electrons. The molecule has 1 aliphatic carbocycles. The SMILES string of the molecule is Fc1cc(NCCCCNC2CCCC2)c(Cl)cc1SNc1nccs1. The number of nitrogens with one attached hydrogen (secondary N) is 3. The zero-order chi connectivity index (χ0) is 18.2. The van der Waals surface area contributed by atoms with Gasteiger partial charge in [0.1, 0.15) is 5.82 Å². The van der Waals surface area contributed by atoms with Crippen molar-refractivity contribution in [3.8, 4) is 0 Å². The lowest BCUT2D eigenvalue weighted by atomic mass is 10.2. The molecule has 1 fully saturated rings. The Bertz CT molecular complexity index is 678. The molecule has 0 radical (unpaired) electrons. The molecule has 0 atom stereocenters. The summed E-state index contributed by atoms with van der Waals surface area (Å²) >= 11 is 8.93. The van der Waals surface area contributed by atoms with E-state index in [0.717, 1.165) is 37.1 Å². The second-order valence-corrected chi connectivity index (χ2v) is 8.52. The van der Waals surface area contributed by atoms with Gasteiger partial charge in [-0.1, -0.05) is 24.4 Å². The van der Waals surface area contributed by atoms with Crippen molar-refractivity contribution < 1.29 is 4.39 Å². The molecule has 4 nitrogen and oxygen atoms in total. The second kappa shape index (κ2) is 10.3. The molecule has 2 aromatic rings. The highest BCUT2D eigenvalue weighted by atomic mass is 35.5. The Kier molecular flexibility index (Phi) is 7.85. The van der Waals surface area contributed by atoms with E-state index >= 15 is 0 Å². The van der Waals surface area contributed by atoms with E-state index in [2.05, 4.69) is 20.3 Å². The fourth-order valence-electron chi connectivity index (χ4n) is 3.02. The lowest BCUT2D eigenvalue weighted by molar-refractivity contribution is 0.510. The number of hydrogen-bond acceptors (Lipinski definition) is 6. The highest BCUT2D eigenvalue weighted by Crippen LogP contribution is 2.32. The Balaban J connectivity index is 1.39. The first-order valence-electron chi connectivity index (χ1n) is 9.01. The van der Waals surface area contributed by atoms with Crippen LogP contribution >= 0.6 is 34.9 Å². The number of hydrogen-bond donors (Lipinski definition) is 3. The fraction of sp³-hybridized carbons (Fsp3) is 0.500. The van der Waals surface area contributed by atoms with E-state index in [0.29, 0.717) is 15.6 Å². The van der Waals surface area contributed by atoms with Crippen molar-refractivity contribution >= 4 is 45.7 Å². The van der Waals surface area contributed by atoms with Crippen molar-refractivity contribution in [3.05, 3.63) is 34.5 Å². The van der Waals surface area contributed by atoms with Crippen molar-refractivity contribution in [3.63, 3.8) is 0 Å². The first-order valence-corrected chi connectivity index (χ1v) is 11.1. The van der Waals surface area contributed by atoms with Gasteiger partial charge in [0.2, 0.25) is 0 Å². The van der Waals surface area contributed by atoms with Crippen LogP contribution in [-0.4, -0.2) is 24.1 Å². The van der Waals surface area contributed by atoms with Gasteiger partial charge in [-0.05, 0) is 56.3 Å². The van der Waals surface area contributed by atoms with Gasteiger partial charge >= 0.3 is 0 Å². The van der Waals surface area contributed by atoms with Crippen LogP contribution in [0.3, 0.4) is 0 Å². The van der Waals surface area contributed by atoms with Gasteiger partial charge in [-0.15, -0.1) is 11.3 Å². The van der Waals surface area contributed by atoms with Crippen molar-refractivity contribution in [2.75, 3.05) is 23.1 Å². The Morgan fingerprint density at radius 3 is 2.81 bits per heavy atom. The molecule has 0 amide bonds. The van der Waals surface area contributed by atoms with Crippen LogP contribution in [0.15, 0.2) is 28.6 Å². The van der Waals surface area contributed by atoms with Gasteiger partial charge in [0.05, 0.1) is 15.6 Å². The maximum absolute atomic E-state index is 14.3. The quantitative estimate of drug-likeness (QED) is 0.340. The van der Waals surface area contributed by atoms with E-state index in [1.54, 1.807) is 12.3 Å². The maximum atomic E-state index is 14.3. The summed E-state index contributed by atoms with van der Waals surface area (Å²) in [6.07, 6.45) is 9.18. The summed E-state index contributed by atoms with van der Waals surface area (Å²) in [5.41, 5.74) is 0.645. The molecule has 3 rings (SSSR count). The van der Waals surface area contributed by atoms with Crippen molar-refractivity contribution in [2.24, 2.45) is 0 Å². The number of thiazole rings is 1. The second-order valence-electron chi connectivity index (χ2n) is 6.37. The van der Waals surface area contributed by atoms with E-state index in [-0.39, 0.29) is 5.82 Å². The number of nitrogens with zero attached hydrogens (tertiary/aromatic N) is 1. The zero-order valence-corrected chi connectivity index (χ0v) is 17.0. The van der Waals surface area contributed by atoms with Crippen molar-refractivity contribution in [2.45, 2.75) is 49.5 Å². The summed E-state index contributed by atoms with van der Waals surface area (Å²) in [5, 5.41) is 9.97. The Hall–Kier alpha value is -1.02. The minimum atomic E-state index is -0.297. The van der Waals surface area contributed by atoms with Gasteiger partial charge in [-0.2, -0.15) is 0 Å². The molecule has 0 bridgehead atoms. The van der Waals surface area contributed by atoms with Crippen LogP contribution in [0.2, 0.25) is 5.02 Å². The fourth-order valence-corrected chi connectivity index (χ4v) is 4.59. The average molecular weight is 415 g/mol. The molecular formula is C18H24ClFN4S2. The first-order chi connectivity index (χ1) is 12.7. The number of halogens is 2. The van der Waals surface area contributed by atoms with Crippen LogP contribution in [0.5, 0.6) is 0 Å². The number of aromatic nitrogens is 1. The van der Waals surface area contributed by atoms with Crippen LogP contribution in [0, 0.1) is 5.82 Å². The van der Waals surface area contributed by atoms with Gasteiger partial charge in [0, 0.05) is 24.2 Å². The predicted octanol–water partition coefficient (Wildman–Crippen LogP) is 5.78. The zero-order valence-electron chi connectivity index (χ0n) is 14.6. The summed E-state index contributed by atoms with van der Waals surface area (Å²) < 4.78 is 17.3. The lowest BCUT2D eigenvalue weighted by Crippen LogP contribution is -2.27. The van der Waals surface area contributed by atoms with Crippen LogP contribution in [0.4, 0.5) is 15.2 Å². The highest BCUT2D eigenvalue weighted by molar-refractivity contribution is 8.00. The van der Waals surface area contributed by atoms with Gasteiger partial charge in [0.15, 0.2) is 5.13 Å². The molecule has 0 aliphatic heterocycles. The van der Waals surface area contributed by atoms with Crippen molar-refractivity contribution in [1.29, 1.82) is 0 Å². The minimum absolute atomic E-state index is 0.297. The Morgan fingerprint density at radius 1 is 1.23 bits per heavy atom. The number of rotatable bonds is 10. The van der Waals surface area contributed by atoms with Crippen LogP contribution in [0.1, 0.15) is 38.5 Å². The molecule has 3 N–H and O–H groups in total. The molecule has 1 aromatic heterocycles. The van der Waals surface area contributed by atoms with Gasteiger partial charge < -0.3 is 15.4 Å². The van der Waals surface area contributed by atoms with E-state index < -0.39 is 0 Å². The smallest absolute Gasteiger partial charge is 0.192 e. The Labute approximate surface area is 167 Å². The number of unbranched alkanes of at least 4 members (excludes halogenated alkanes) is 1. The molecule has 26 heavy (non-hydrogen) atoms. The number of benzene rings is 1. The van der Waals surface area contributed by atoms with Crippen LogP contribution in [-0.2, 0) is 0 Å². The summed E-state index contributed by atoms with van der Waals surface area (Å²) in [4.78, 5) is 4.56. The van der Waals surface area contributed by atoms with Gasteiger partial charge in [0.25, 0.3) is 0 Å². The minimum Gasteiger partial charge on any atom is -0.384 e. The van der Waals surface area contributed by atoms with E-state index in [4.69, 9.17) is 11.6 Å². The highest BCUT2D eigenvalue weighted by Gasteiger charge is 2.13. The van der Waals surface area contributed by atoms with Crippen LogP contribution < -0.4 is 15.4 Å². The summed E-state index contributed by atoms with van der Waals surface area (Å²) in [5.74, 6) is -0.297. The maximum Gasteiger partial charge on any atom is 0.192 e. The largest absolute Gasteiger partial charge is 0.384 e. The molecule has 1 aromatic carbocycles. The predicted molar refractivity (Wildman–Crippen MR) is 111 cm³/mol. The number of anilines is 2. The van der Waals surface area contributed by atoms with Crippen molar-refractivity contribution in [1.82, 2.24) is 10.3 Å². The third-order valence-corrected chi connectivity index (χ3v) is 6.37. The molecule has 0 unspecified atom stereocenters. The van der Waals surface area contributed by atoms with Crippen LogP contribution in [0.25, 0.3) is 0 Å². The molecule has 1 aliphatic rings. The van der Waals surface area contributed by atoms with Gasteiger partial charge in [-0.25, -0.2) is 9.37 Å². The standard InChI is InChI=1S/C18H24ClFN4S2/c19-14-11-17(26-24-18-23-9-10-25-18)15(20)12-16(14)22-8-4-3-7-21-13-5-1-2-6-13/h9-13,21-22H,1-8H2,(H,23,24). The normalized spacial score (nSPS) is 14.7.